The van der Waals surface area contributed by atoms with Gasteiger partial charge in [0.25, 0.3) is 0 Å². The summed E-state index contributed by atoms with van der Waals surface area (Å²) in [5.74, 6) is -1.54. The number of Topliss-reactive ketones (excluding diaryl/α,β-unsaturated/α-hetero) is 1. The van der Waals surface area contributed by atoms with Crippen molar-refractivity contribution in [1.29, 1.82) is 0 Å². The van der Waals surface area contributed by atoms with Gasteiger partial charge in [-0.1, -0.05) is 0 Å². The molecule has 1 fully saturated rings. The molecule has 1 atom stereocenters. The average molecular weight is 341 g/mol. The van der Waals surface area contributed by atoms with Crippen LogP contribution in [0.5, 0.6) is 0 Å². The number of hydrogen-bond donors (Lipinski definition) is 3. The average Bonchev–Trinajstić information content (AvgIpc) is 2.77. The van der Waals surface area contributed by atoms with Crippen molar-refractivity contribution in [2.45, 2.75) is 38.6 Å². The zero-order valence-corrected chi connectivity index (χ0v) is 13.6. The molecule has 10 heteroatoms. The molecule has 0 aromatic rings. The van der Waals surface area contributed by atoms with Crippen LogP contribution in [0.25, 0.3) is 0 Å². The molecule has 0 bridgehead atoms. The monoisotopic (exact) mass is 341 g/mol. The van der Waals surface area contributed by atoms with Gasteiger partial charge < -0.3 is 21.5 Å². The number of aliphatic imine (C=N–C) groups is 1. The number of imide groups is 1. The van der Waals surface area contributed by atoms with Gasteiger partial charge in [0.15, 0.2) is 11.7 Å². The molecule has 0 aliphatic carbocycles. The smallest absolute Gasteiger partial charge is 0.407 e. The highest BCUT2D eigenvalue weighted by Crippen LogP contribution is 2.19. The van der Waals surface area contributed by atoms with Crippen molar-refractivity contribution in [3.63, 3.8) is 0 Å². The summed E-state index contributed by atoms with van der Waals surface area (Å²) < 4.78 is 0. The Bertz CT molecular complexity index is 544. The fourth-order valence-corrected chi connectivity index (χ4v) is 2.43. The highest BCUT2D eigenvalue weighted by atomic mass is 16.4. The molecule has 1 aliphatic heterocycles. The van der Waals surface area contributed by atoms with E-state index in [0.29, 0.717) is 19.4 Å². The molecule has 0 spiro atoms. The summed E-state index contributed by atoms with van der Waals surface area (Å²) in [6, 6.07) is -1.04. The molecule has 0 aromatic heterocycles. The van der Waals surface area contributed by atoms with Crippen molar-refractivity contribution in [3.05, 3.63) is 0 Å². The Morgan fingerprint density at radius 3 is 2.54 bits per heavy atom. The maximum absolute atomic E-state index is 12.3. The summed E-state index contributed by atoms with van der Waals surface area (Å²) in [4.78, 5) is 52.9. The summed E-state index contributed by atoms with van der Waals surface area (Å²) in [7, 11) is 0. The molecule has 24 heavy (non-hydrogen) atoms. The molecule has 1 heterocycles. The Morgan fingerprint density at radius 1 is 1.33 bits per heavy atom. The number of ketones is 1. The minimum Gasteiger partial charge on any atom is -0.465 e. The van der Waals surface area contributed by atoms with Crippen molar-refractivity contribution in [1.82, 2.24) is 9.80 Å². The number of unbranched alkanes of at least 4 members (excludes halogenated alkanes) is 1. The largest absolute Gasteiger partial charge is 0.465 e. The Balaban J connectivity index is 2.66. The number of hydrogen-bond acceptors (Lipinski definition) is 5. The van der Waals surface area contributed by atoms with Gasteiger partial charge in [0.1, 0.15) is 6.04 Å². The summed E-state index contributed by atoms with van der Waals surface area (Å²) in [5.41, 5.74) is 10.4. The standard InChI is InChI=1S/C14H23N5O5/c1-2-18(14(23)24)8-9-10(20)7-12(22)19(9)11(21)5-3-4-6-17-13(15)16/h9H,2-8H2,1H3,(H,23,24)(H4,15,16,17). The minimum absolute atomic E-state index is 0.0324. The zero-order chi connectivity index (χ0) is 18.3. The Kier molecular flexibility index (Phi) is 7.15. The topological polar surface area (TPSA) is 159 Å². The van der Waals surface area contributed by atoms with Crippen LogP contribution >= 0.6 is 0 Å². The number of carboxylic acid groups (broad SMARTS) is 1. The third-order valence-electron chi connectivity index (χ3n) is 3.68. The van der Waals surface area contributed by atoms with Crippen molar-refractivity contribution >= 4 is 29.7 Å². The van der Waals surface area contributed by atoms with E-state index in [0.717, 1.165) is 9.80 Å². The first kappa shape index (κ1) is 19.4. The van der Waals surface area contributed by atoms with Crippen LogP contribution in [0.15, 0.2) is 4.99 Å². The third kappa shape index (κ3) is 5.21. The van der Waals surface area contributed by atoms with Crippen LogP contribution in [0.4, 0.5) is 4.79 Å². The van der Waals surface area contributed by atoms with Gasteiger partial charge in [-0.05, 0) is 19.8 Å². The van der Waals surface area contributed by atoms with E-state index in [-0.39, 0.29) is 31.9 Å². The van der Waals surface area contributed by atoms with Crippen molar-refractivity contribution < 1.29 is 24.3 Å². The van der Waals surface area contributed by atoms with E-state index in [1.54, 1.807) is 6.92 Å². The van der Waals surface area contributed by atoms with E-state index >= 15 is 0 Å². The lowest BCUT2D eigenvalue weighted by Gasteiger charge is -2.26. The van der Waals surface area contributed by atoms with E-state index in [9.17, 15) is 19.2 Å². The van der Waals surface area contributed by atoms with E-state index in [4.69, 9.17) is 16.6 Å². The maximum Gasteiger partial charge on any atom is 0.407 e. The number of likely N-dealkylation sites (tertiary alicyclic amines) is 1. The molecule has 134 valence electrons. The highest BCUT2D eigenvalue weighted by Gasteiger charge is 2.43. The van der Waals surface area contributed by atoms with E-state index in [1.807, 2.05) is 0 Å². The first-order valence-corrected chi connectivity index (χ1v) is 7.68. The molecule has 0 aromatic carbocycles. The zero-order valence-electron chi connectivity index (χ0n) is 13.6. The second kappa shape index (κ2) is 8.85. The minimum atomic E-state index is -1.20. The summed E-state index contributed by atoms with van der Waals surface area (Å²) >= 11 is 0. The van der Waals surface area contributed by atoms with Crippen LogP contribution in [0, 0.1) is 0 Å². The molecular formula is C14H23N5O5. The summed E-state index contributed by atoms with van der Waals surface area (Å²) in [6.45, 7) is 1.95. The van der Waals surface area contributed by atoms with Gasteiger partial charge in [-0.25, -0.2) is 4.79 Å². The molecule has 3 amide bonds. The normalized spacial score (nSPS) is 17.0. The van der Waals surface area contributed by atoms with Gasteiger partial charge in [0.2, 0.25) is 11.8 Å². The van der Waals surface area contributed by atoms with Crippen LogP contribution in [0.1, 0.15) is 32.6 Å². The number of nitrogens with zero attached hydrogens (tertiary/aromatic N) is 3. The molecule has 1 saturated heterocycles. The lowest BCUT2D eigenvalue weighted by molar-refractivity contribution is -0.145. The Morgan fingerprint density at radius 2 is 2.00 bits per heavy atom. The fourth-order valence-electron chi connectivity index (χ4n) is 2.43. The molecule has 5 N–H and O–H groups in total. The summed E-state index contributed by atoms with van der Waals surface area (Å²) in [6.07, 6.45) is -0.498. The van der Waals surface area contributed by atoms with Gasteiger partial charge >= 0.3 is 6.09 Å². The van der Waals surface area contributed by atoms with Crippen LogP contribution in [-0.2, 0) is 14.4 Å². The Hall–Kier alpha value is -2.65. The van der Waals surface area contributed by atoms with Crippen molar-refractivity contribution in [2.24, 2.45) is 16.5 Å². The lowest BCUT2D eigenvalue weighted by Crippen LogP contribution is -2.48. The number of guanidine groups is 1. The van der Waals surface area contributed by atoms with Crippen LogP contribution in [0.3, 0.4) is 0 Å². The molecular weight excluding hydrogens is 318 g/mol. The SMILES string of the molecule is CCN(CC1C(=O)CC(=O)N1C(=O)CCCCN=C(N)N)C(=O)O. The highest BCUT2D eigenvalue weighted by molar-refractivity contribution is 6.14. The Labute approximate surface area is 139 Å². The van der Waals surface area contributed by atoms with E-state index in [2.05, 4.69) is 4.99 Å². The van der Waals surface area contributed by atoms with E-state index < -0.39 is 29.7 Å². The number of nitrogens with two attached hydrogens (primary N) is 2. The van der Waals surface area contributed by atoms with Gasteiger partial charge in [-0.2, -0.15) is 0 Å². The second-order valence-electron chi connectivity index (χ2n) is 5.40. The first-order valence-electron chi connectivity index (χ1n) is 7.68. The van der Waals surface area contributed by atoms with Crippen LogP contribution < -0.4 is 11.5 Å². The van der Waals surface area contributed by atoms with Crippen molar-refractivity contribution in [2.75, 3.05) is 19.6 Å². The van der Waals surface area contributed by atoms with E-state index in [1.165, 1.54) is 0 Å². The van der Waals surface area contributed by atoms with Crippen LogP contribution in [-0.4, -0.2) is 70.2 Å². The number of amides is 3. The molecule has 0 saturated carbocycles. The van der Waals surface area contributed by atoms with Gasteiger partial charge in [0.05, 0.1) is 13.0 Å². The predicted octanol–water partition coefficient (Wildman–Crippen LogP) is -0.873. The number of likely N-dealkylation sites (N-methyl/N-ethyl adjacent to an activating group) is 1. The van der Waals surface area contributed by atoms with Gasteiger partial charge in [-0.3, -0.25) is 24.3 Å². The lowest BCUT2D eigenvalue weighted by atomic mass is 10.1. The number of carbonyl (C=O) groups excluding carboxylic acids is 3. The quantitative estimate of drug-likeness (QED) is 0.224. The third-order valence-corrected chi connectivity index (χ3v) is 3.68. The molecule has 1 unspecified atom stereocenters. The van der Waals surface area contributed by atoms with Crippen LogP contribution in [0.2, 0.25) is 0 Å². The molecule has 1 rings (SSSR count). The second-order valence-corrected chi connectivity index (χ2v) is 5.40. The van der Waals surface area contributed by atoms with Crippen molar-refractivity contribution in [3.8, 4) is 0 Å². The molecule has 1 aliphatic rings. The van der Waals surface area contributed by atoms with Gasteiger partial charge in [0, 0.05) is 19.5 Å². The predicted molar refractivity (Wildman–Crippen MR) is 85.1 cm³/mol. The first-order chi connectivity index (χ1) is 11.3. The number of rotatable bonds is 8. The molecule has 10 nitrogen and oxygen atoms in total. The van der Waals surface area contributed by atoms with Gasteiger partial charge in [-0.15, -0.1) is 0 Å². The number of carbonyl (C=O) groups is 4. The summed E-state index contributed by atoms with van der Waals surface area (Å²) in [5, 5.41) is 9.05. The fraction of sp³-hybridized carbons (Fsp3) is 0.643. The molecule has 0 radical (unpaired) electrons. The maximum atomic E-state index is 12.3.